The van der Waals surface area contributed by atoms with Crippen molar-refractivity contribution in [2.24, 2.45) is 0 Å². The molecule has 0 aromatic heterocycles. The van der Waals surface area contributed by atoms with Crippen LogP contribution >= 0.6 is 31.9 Å². The zero-order chi connectivity index (χ0) is 12.1. The lowest BCUT2D eigenvalue weighted by atomic mass is 10.1. The van der Waals surface area contributed by atoms with Crippen molar-refractivity contribution in [3.05, 3.63) is 32.7 Å². The van der Waals surface area contributed by atoms with E-state index in [1.54, 1.807) is 19.1 Å². The van der Waals surface area contributed by atoms with Crippen molar-refractivity contribution in [3.63, 3.8) is 0 Å². The van der Waals surface area contributed by atoms with Gasteiger partial charge in [-0.15, -0.1) is 0 Å². The molecule has 0 aliphatic carbocycles. The molecular weight excluding hydrogens is 340 g/mol. The Labute approximate surface area is 111 Å². The largest absolute Gasteiger partial charge is 0.466 e. The fraction of sp³-hybridized carbons (Fsp3) is 0.364. The highest BCUT2D eigenvalue weighted by Crippen LogP contribution is 2.31. The van der Waals surface area contributed by atoms with Crippen LogP contribution in [0.3, 0.4) is 0 Å². The summed E-state index contributed by atoms with van der Waals surface area (Å²) in [4.78, 5) is 11.2. The van der Waals surface area contributed by atoms with Crippen LogP contribution in [0.1, 0.15) is 25.0 Å². The van der Waals surface area contributed by atoms with Gasteiger partial charge in [0.25, 0.3) is 0 Å². The van der Waals surface area contributed by atoms with Gasteiger partial charge in [-0.25, -0.2) is 0 Å². The van der Waals surface area contributed by atoms with Crippen LogP contribution in [0, 0.1) is 0 Å². The maximum absolute atomic E-state index is 11.2. The minimum absolute atomic E-state index is 0.0388. The number of carbonyl (C=O) groups excluding carboxylic acids is 1. The van der Waals surface area contributed by atoms with Gasteiger partial charge in [0.2, 0.25) is 0 Å². The maximum Gasteiger partial charge on any atom is 0.308 e. The monoisotopic (exact) mass is 350 g/mol. The van der Waals surface area contributed by atoms with Crippen LogP contribution in [0.5, 0.6) is 0 Å². The summed E-state index contributed by atoms with van der Waals surface area (Å²) in [5.74, 6) is -0.401. The lowest BCUT2D eigenvalue weighted by Crippen LogP contribution is -2.10. The molecule has 0 amide bonds. The molecule has 16 heavy (non-hydrogen) atoms. The first-order valence-corrected chi connectivity index (χ1v) is 6.42. The summed E-state index contributed by atoms with van der Waals surface area (Å²) in [6.45, 7) is 2.06. The number of halogens is 2. The van der Waals surface area contributed by atoms with Gasteiger partial charge in [-0.2, -0.15) is 0 Å². The Kier molecular flexibility index (Phi) is 5.44. The second-order valence-corrected chi connectivity index (χ2v) is 4.82. The van der Waals surface area contributed by atoms with Crippen LogP contribution in [0.2, 0.25) is 0 Å². The van der Waals surface area contributed by atoms with Gasteiger partial charge in [-0.1, -0.05) is 12.1 Å². The second kappa shape index (κ2) is 6.37. The number of carbonyl (C=O) groups is 1. The van der Waals surface area contributed by atoms with Crippen LogP contribution in [0.25, 0.3) is 0 Å². The summed E-state index contributed by atoms with van der Waals surface area (Å²) in [5.41, 5.74) is 0.669. The fourth-order valence-corrected chi connectivity index (χ4v) is 2.18. The topological polar surface area (TPSA) is 46.5 Å². The Morgan fingerprint density at radius 3 is 2.81 bits per heavy atom. The van der Waals surface area contributed by atoms with E-state index in [0.29, 0.717) is 12.2 Å². The smallest absolute Gasteiger partial charge is 0.308 e. The summed E-state index contributed by atoms with van der Waals surface area (Å²) in [6, 6.07) is 5.42. The number of esters is 1. The van der Waals surface area contributed by atoms with Gasteiger partial charge in [-0.3, -0.25) is 4.79 Å². The van der Waals surface area contributed by atoms with Crippen molar-refractivity contribution in [2.45, 2.75) is 19.4 Å². The van der Waals surface area contributed by atoms with E-state index in [1.165, 1.54) is 0 Å². The summed E-state index contributed by atoms with van der Waals surface area (Å²) in [7, 11) is 0. The standard InChI is InChI=1S/C11H12Br2O3/c1-2-16-10(15)6-9(14)7-4-3-5-8(12)11(7)13/h3-5,9,14H,2,6H2,1H3. The Hall–Kier alpha value is -0.390. The molecule has 0 spiro atoms. The Bertz CT molecular complexity index is 379. The van der Waals surface area contributed by atoms with E-state index in [4.69, 9.17) is 4.74 Å². The van der Waals surface area contributed by atoms with E-state index >= 15 is 0 Å². The highest BCUT2D eigenvalue weighted by molar-refractivity contribution is 9.13. The van der Waals surface area contributed by atoms with E-state index < -0.39 is 12.1 Å². The van der Waals surface area contributed by atoms with Crippen molar-refractivity contribution in [1.82, 2.24) is 0 Å². The third-order valence-electron chi connectivity index (χ3n) is 2.01. The number of rotatable bonds is 4. The molecule has 1 N–H and O–H groups in total. The van der Waals surface area contributed by atoms with E-state index in [2.05, 4.69) is 31.9 Å². The number of hydrogen-bond donors (Lipinski definition) is 1. The van der Waals surface area contributed by atoms with Crippen molar-refractivity contribution in [2.75, 3.05) is 6.61 Å². The molecule has 0 heterocycles. The molecule has 0 saturated carbocycles. The number of aliphatic hydroxyl groups is 1. The highest BCUT2D eigenvalue weighted by Gasteiger charge is 2.17. The molecule has 0 radical (unpaired) electrons. The third kappa shape index (κ3) is 3.57. The van der Waals surface area contributed by atoms with Crippen molar-refractivity contribution in [3.8, 4) is 0 Å². The maximum atomic E-state index is 11.2. The zero-order valence-corrected chi connectivity index (χ0v) is 11.9. The number of benzene rings is 1. The van der Waals surface area contributed by atoms with Gasteiger partial charge < -0.3 is 9.84 Å². The minimum atomic E-state index is -0.856. The molecule has 5 heteroatoms. The molecule has 1 rings (SSSR count). The quantitative estimate of drug-likeness (QED) is 0.847. The van der Waals surface area contributed by atoms with Crippen molar-refractivity contribution < 1.29 is 14.6 Å². The summed E-state index contributed by atoms with van der Waals surface area (Å²) >= 11 is 6.69. The van der Waals surface area contributed by atoms with Gasteiger partial charge in [0.1, 0.15) is 0 Å². The minimum Gasteiger partial charge on any atom is -0.466 e. The fourth-order valence-electron chi connectivity index (χ4n) is 1.27. The van der Waals surface area contributed by atoms with Crippen LogP contribution in [-0.2, 0) is 9.53 Å². The molecule has 88 valence electrons. The molecule has 0 aliphatic heterocycles. The van der Waals surface area contributed by atoms with Crippen molar-refractivity contribution >= 4 is 37.8 Å². The molecule has 1 unspecified atom stereocenters. The normalized spacial score (nSPS) is 12.2. The van der Waals surface area contributed by atoms with E-state index in [0.717, 1.165) is 8.95 Å². The molecular formula is C11H12Br2O3. The first kappa shape index (κ1) is 13.7. The van der Waals surface area contributed by atoms with E-state index in [1.807, 2.05) is 6.07 Å². The van der Waals surface area contributed by atoms with Gasteiger partial charge in [0, 0.05) is 8.95 Å². The number of aliphatic hydroxyl groups excluding tert-OH is 1. The molecule has 0 fully saturated rings. The van der Waals surface area contributed by atoms with E-state index in [9.17, 15) is 9.90 Å². The second-order valence-electron chi connectivity index (χ2n) is 3.17. The lowest BCUT2D eigenvalue weighted by molar-refractivity contribution is -0.145. The first-order chi connectivity index (χ1) is 7.56. The van der Waals surface area contributed by atoms with E-state index in [-0.39, 0.29) is 6.42 Å². The van der Waals surface area contributed by atoms with Crippen LogP contribution in [0.4, 0.5) is 0 Å². The van der Waals surface area contributed by atoms with Crippen LogP contribution in [0.15, 0.2) is 27.1 Å². The Morgan fingerprint density at radius 1 is 1.50 bits per heavy atom. The summed E-state index contributed by atoms with van der Waals surface area (Å²) in [5, 5.41) is 9.87. The van der Waals surface area contributed by atoms with Crippen LogP contribution in [-0.4, -0.2) is 17.7 Å². The summed E-state index contributed by atoms with van der Waals surface area (Å²) in [6.07, 6.45) is -0.894. The average molecular weight is 352 g/mol. The lowest BCUT2D eigenvalue weighted by Gasteiger charge is -2.12. The Morgan fingerprint density at radius 2 is 2.19 bits per heavy atom. The molecule has 1 aromatic rings. The zero-order valence-electron chi connectivity index (χ0n) is 8.74. The summed E-state index contributed by atoms with van der Waals surface area (Å²) < 4.78 is 6.38. The first-order valence-electron chi connectivity index (χ1n) is 4.83. The number of ether oxygens (including phenoxy) is 1. The van der Waals surface area contributed by atoms with Crippen molar-refractivity contribution in [1.29, 1.82) is 0 Å². The average Bonchev–Trinajstić information content (AvgIpc) is 2.22. The van der Waals surface area contributed by atoms with Gasteiger partial charge in [0.15, 0.2) is 0 Å². The molecule has 1 aromatic carbocycles. The number of hydrogen-bond acceptors (Lipinski definition) is 3. The molecule has 0 saturated heterocycles. The SMILES string of the molecule is CCOC(=O)CC(O)c1cccc(Br)c1Br. The Balaban J connectivity index is 2.76. The molecule has 3 nitrogen and oxygen atoms in total. The van der Waals surface area contributed by atoms with Gasteiger partial charge in [0.05, 0.1) is 19.1 Å². The molecule has 0 aliphatic rings. The predicted molar refractivity (Wildman–Crippen MR) is 68.1 cm³/mol. The molecule has 1 atom stereocenters. The molecule has 0 bridgehead atoms. The third-order valence-corrected chi connectivity index (χ3v) is 4.08. The highest BCUT2D eigenvalue weighted by atomic mass is 79.9. The predicted octanol–water partition coefficient (Wildman–Crippen LogP) is 3.20. The van der Waals surface area contributed by atoms with Gasteiger partial charge in [-0.05, 0) is 50.4 Å². The van der Waals surface area contributed by atoms with Gasteiger partial charge >= 0.3 is 5.97 Å². The van der Waals surface area contributed by atoms with Crippen LogP contribution < -0.4 is 0 Å².